The summed E-state index contributed by atoms with van der Waals surface area (Å²) in [5.74, 6) is 1.15. The lowest BCUT2D eigenvalue weighted by atomic mass is 10.2. The molecule has 2 N–H and O–H groups in total. The maximum atomic E-state index is 11.1. The van der Waals surface area contributed by atoms with Crippen LogP contribution in [0.4, 0.5) is 0 Å². The van der Waals surface area contributed by atoms with Crippen molar-refractivity contribution >= 4 is 17.7 Å². The van der Waals surface area contributed by atoms with Crippen LogP contribution in [0.3, 0.4) is 0 Å². The zero-order valence-corrected chi connectivity index (χ0v) is 10.7. The van der Waals surface area contributed by atoms with Crippen molar-refractivity contribution in [2.24, 2.45) is 5.73 Å². The molecule has 0 amide bonds. The summed E-state index contributed by atoms with van der Waals surface area (Å²) in [6, 6.07) is 10.1. The quantitative estimate of drug-likeness (QED) is 0.623. The zero-order chi connectivity index (χ0) is 12.5. The number of ether oxygens (including phenoxy) is 1. The molecule has 0 heterocycles. The van der Waals surface area contributed by atoms with Crippen LogP contribution in [0.25, 0.3) is 0 Å². The van der Waals surface area contributed by atoms with Gasteiger partial charge in [0.1, 0.15) is 0 Å². The fourth-order valence-corrected chi connectivity index (χ4v) is 2.09. The lowest BCUT2D eigenvalue weighted by Crippen LogP contribution is -2.07. The number of rotatable bonds is 6. The van der Waals surface area contributed by atoms with E-state index in [0.29, 0.717) is 18.1 Å². The summed E-state index contributed by atoms with van der Waals surface area (Å²) in [5.41, 5.74) is 7.51. The van der Waals surface area contributed by atoms with Crippen molar-refractivity contribution in [3.63, 3.8) is 0 Å². The molecule has 0 atom stereocenters. The van der Waals surface area contributed by atoms with Gasteiger partial charge in [-0.25, -0.2) is 4.79 Å². The van der Waals surface area contributed by atoms with Gasteiger partial charge in [0.15, 0.2) is 0 Å². The highest BCUT2D eigenvalue weighted by Gasteiger charge is 1.99. The minimum atomic E-state index is -0.370. The van der Waals surface area contributed by atoms with Gasteiger partial charge in [-0.15, -0.1) is 0 Å². The molecule has 3 nitrogen and oxygen atoms in total. The molecule has 0 saturated heterocycles. The van der Waals surface area contributed by atoms with E-state index in [2.05, 4.69) is 12.1 Å². The second-order valence-electron chi connectivity index (χ2n) is 3.45. The van der Waals surface area contributed by atoms with Crippen LogP contribution in [-0.4, -0.2) is 18.3 Å². The van der Waals surface area contributed by atoms with E-state index in [-0.39, 0.29) is 5.97 Å². The number of nitrogens with two attached hydrogens (primary N) is 1. The van der Waals surface area contributed by atoms with E-state index < -0.39 is 0 Å². The summed E-state index contributed by atoms with van der Waals surface area (Å²) >= 11 is 1.67. The first-order valence-electron chi connectivity index (χ1n) is 5.47. The Bertz CT molecular complexity index is 376. The fraction of sp³-hybridized carbons (Fsp3) is 0.308. The highest BCUT2D eigenvalue weighted by atomic mass is 32.2. The van der Waals surface area contributed by atoms with Gasteiger partial charge in [-0.2, -0.15) is 11.8 Å². The molecule has 0 fully saturated rings. The molecule has 0 aliphatic rings. The van der Waals surface area contributed by atoms with Crippen LogP contribution < -0.4 is 5.73 Å². The summed E-state index contributed by atoms with van der Waals surface area (Å²) in [7, 11) is 0. The van der Waals surface area contributed by atoms with Gasteiger partial charge in [0.05, 0.1) is 6.61 Å². The fourth-order valence-electron chi connectivity index (χ4n) is 1.24. The van der Waals surface area contributed by atoms with E-state index in [9.17, 15) is 4.79 Å². The Morgan fingerprint density at radius 3 is 2.76 bits per heavy atom. The van der Waals surface area contributed by atoms with Crippen molar-refractivity contribution < 1.29 is 9.53 Å². The highest BCUT2D eigenvalue weighted by Crippen LogP contribution is 2.13. The molecule has 0 aromatic heterocycles. The van der Waals surface area contributed by atoms with Crippen LogP contribution in [0.2, 0.25) is 0 Å². The van der Waals surface area contributed by atoms with Crippen molar-refractivity contribution in [3.05, 3.63) is 47.7 Å². The molecule has 0 aliphatic carbocycles. The molecule has 1 aromatic rings. The number of hydrogen-bond acceptors (Lipinski definition) is 4. The van der Waals surface area contributed by atoms with E-state index in [1.807, 2.05) is 18.2 Å². The Labute approximate surface area is 106 Å². The summed E-state index contributed by atoms with van der Waals surface area (Å²) in [6.45, 7) is 2.14. The zero-order valence-electron chi connectivity index (χ0n) is 9.89. The molecule has 4 heteroatoms. The normalized spacial score (nSPS) is 11.2. The minimum absolute atomic E-state index is 0.370. The van der Waals surface area contributed by atoms with Crippen LogP contribution in [0, 0.1) is 0 Å². The Morgan fingerprint density at radius 2 is 2.12 bits per heavy atom. The number of carbonyl (C=O) groups is 1. The van der Waals surface area contributed by atoms with Gasteiger partial charge in [-0.1, -0.05) is 30.3 Å². The molecule has 0 aliphatic heterocycles. The standard InChI is InChI=1S/C13H17NO2S/c1-2-16-13(15)8-12(14)10-17-9-11-6-4-3-5-7-11/h3-8H,2,9-10,14H2,1H3. The number of thioether (sulfide) groups is 1. The van der Waals surface area contributed by atoms with Crippen LogP contribution in [-0.2, 0) is 15.3 Å². The second-order valence-corrected chi connectivity index (χ2v) is 4.44. The van der Waals surface area contributed by atoms with Gasteiger partial charge < -0.3 is 10.5 Å². The van der Waals surface area contributed by atoms with Gasteiger partial charge >= 0.3 is 5.97 Å². The van der Waals surface area contributed by atoms with Gasteiger partial charge in [0.25, 0.3) is 0 Å². The summed E-state index contributed by atoms with van der Waals surface area (Å²) in [5, 5.41) is 0. The van der Waals surface area contributed by atoms with Crippen molar-refractivity contribution in [1.29, 1.82) is 0 Å². The predicted molar refractivity (Wildman–Crippen MR) is 71.5 cm³/mol. The second kappa shape index (κ2) is 7.79. The molecule has 0 saturated carbocycles. The Morgan fingerprint density at radius 1 is 1.41 bits per heavy atom. The van der Waals surface area contributed by atoms with E-state index in [4.69, 9.17) is 10.5 Å². The Balaban J connectivity index is 2.29. The average molecular weight is 251 g/mol. The molecule has 1 rings (SSSR count). The van der Waals surface area contributed by atoms with Crippen molar-refractivity contribution in [2.45, 2.75) is 12.7 Å². The van der Waals surface area contributed by atoms with Crippen LogP contribution in [0.5, 0.6) is 0 Å². The van der Waals surface area contributed by atoms with Gasteiger partial charge in [-0.3, -0.25) is 0 Å². The largest absolute Gasteiger partial charge is 0.463 e. The van der Waals surface area contributed by atoms with Gasteiger partial charge in [0, 0.05) is 23.3 Å². The first kappa shape index (κ1) is 13.6. The third-order valence-electron chi connectivity index (χ3n) is 1.97. The molecule has 92 valence electrons. The third-order valence-corrected chi connectivity index (χ3v) is 3.05. The Kier molecular flexibility index (Phi) is 6.25. The molecule has 1 aromatic carbocycles. The average Bonchev–Trinajstić information content (AvgIpc) is 2.30. The molecule has 0 unspecified atom stereocenters. The number of benzene rings is 1. The Hall–Kier alpha value is -1.42. The summed E-state index contributed by atoms with van der Waals surface area (Å²) in [6.07, 6.45) is 1.35. The maximum Gasteiger partial charge on any atom is 0.332 e. The van der Waals surface area contributed by atoms with Gasteiger partial charge in [0.2, 0.25) is 0 Å². The van der Waals surface area contributed by atoms with Crippen LogP contribution in [0.1, 0.15) is 12.5 Å². The predicted octanol–water partition coefficient (Wildman–Crippen LogP) is 2.33. The first-order chi connectivity index (χ1) is 8.22. The van der Waals surface area contributed by atoms with E-state index >= 15 is 0 Å². The molecule has 17 heavy (non-hydrogen) atoms. The van der Waals surface area contributed by atoms with Crippen molar-refractivity contribution in [3.8, 4) is 0 Å². The molecule has 0 spiro atoms. The maximum absolute atomic E-state index is 11.1. The monoisotopic (exact) mass is 251 g/mol. The lowest BCUT2D eigenvalue weighted by molar-refractivity contribution is -0.137. The lowest BCUT2D eigenvalue weighted by Gasteiger charge is -2.02. The summed E-state index contributed by atoms with van der Waals surface area (Å²) < 4.78 is 4.77. The SMILES string of the molecule is CCOC(=O)C=C(N)CSCc1ccccc1. The summed E-state index contributed by atoms with van der Waals surface area (Å²) in [4.78, 5) is 11.1. The van der Waals surface area contributed by atoms with Crippen molar-refractivity contribution in [2.75, 3.05) is 12.4 Å². The number of hydrogen-bond donors (Lipinski definition) is 1. The van der Waals surface area contributed by atoms with E-state index in [1.54, 1.807) is 18.7 Å². The highest BCUT2D eigenvalue weighted by molar-refractivity contribution is 7.98. The molecular formula is C13H17NO2S. The number of carbonyl (C=O) groups excluding carboxylic acids is 1. The minimum Gasteiger partial charge on any atom is -0.463 e. The van der Waals surface area contributed by atoms with Gasteiger partial charge in [-0.05, 0) is 12.5 Å². The van der Waals surface area contributed by atoms with E-state index in [0.717, 1.165) is 5.75 Å². The topological polar surface area (TPSA) is 52.3 Å². The van der Waals surface area contributed by atoms with E-state index in [1.165, 1.54) is 11.6 Å². The smallest absolute Gasteiger partial charge is 0.332 e. The van der Waals surface area contributed by atoms with Crippen molar-refractivity contribution in [1.82, 2.24) is 0 Å². The molecular weight excluding hydrogens is 234 g/mol. The molecule has 0 bridgehead atoms. The van der Waals surface area contributed by atoms with Crippen LogP contribution >= 0.6 is 11.8 Å². The van der Waals surface area contributed by atoms with Crippen LogP contribution in [0.15, 0.2) is 42.1 Å². The first-order valence-corrected chi connectivity index (χ1v) is 6.62. The molecule has 0 radical (unpaired) electrons. The third kappa shape index (κ3) is 6.02. The number of esters is 1.